The van der Waals surface area contributed by atoms with Crippen molar-refractivity contribution in [1.82, 2.24) is 9.88 Å². The summed E-state index contributed by atoms with van der Waals surface area (Å²) in [6.45, 7) is 5.16. The van der Waals surface area contributed by atoms with E-state index < -0.39 is 0 Å². The fraction of sp³-hybridized carbons (Fsp3) is 0.529. The summed E-state index contributed by atoms with van der Waals surface area (Å²) in [4.78, 5) is 18.7. The largest absolute Gasteiger partial charge is 0.395 e. The second-order valence-corrected chi connectivity index (χ2v) is 5.67. The minimum Gasteiger partial charge on any atom is -0.395 e. The molecule has 0 bridgehead atoms. The van der Waals surface area contributed by atoms with Crippen LogP contribution in [0, 0.1) is 17.8 Å². The van der Waals surface area contributed by atoms with E-state index in [1.54, 1.807) is 18.5 Å². The average Bonchev–Trinajstić information content (AvgIpc) is 2.47. The Hall–Kier alpha value is -1.86. The Morgan fingerprint density at radius 2 is 2.33 bits per heavy atom. The quantitative estimate of drug-likeness (QED) is 0.847. The van der Waals surface area contributed by atoms with Gasteiger partial charge in [0, 0.05) is 31.4 Å². The van der Waals surface area contributed by atoms with Crippen LogP contribution in [0.15, 0.2) is 18.5 Å². The Morgan fingerprint density at radius 1 is 1.52 bits per heavy atom. The number of carbonyl (C=O) groups is 1. The number of likely N-dealkylation sites (tertiary alicyclic amines) is 1. The van der Waals surface area contributed by atoms with E-state index in [9.17, 15) is 4.79 Å². The van der Waals surface area contributed by atoms with Gasteiger partial charge in [0.2, 0.25) is 0 Å². The highest BCUT2D eigenvalue weighted by molar-refractivity contribution is 5.96. The molecule has 2 unspecified atom stereocenters. The topological polar surface area (TPSA) is 53.4 Å². The van der Waals surface area contributed by atoms with Gasteiger partial charge in [-0.05, 0) is 31.7 Å². The molecular formula is C17H22N2O2. The lowest BCUT2D eigenvalue weighted by Crippen LogP contribution is -2.44. The number of amides is 1. The first-order valence-corrected chi connectivity index (χ1v) is 7.48. The first-order chi connectivity index (χ1) is 10.1. The van der Waals surface area contributed by atoms with Crippen LogP contribution in [0.3, 0.4) is 0 Å². The van der Waals surface area contributed by atoms with Crippen molar-refractivity contribution in [2.75, 3.05) is 13.2 Å². The van der Waals surface area contributed by atoms with Crippen LogP contribution in [0.2, 0.25) is 0 Å². The zero-order chi connectivity index (χ0) is 15.2. The van der Waals surface area contributed by atoms with E-state index in [0.717, 1.165) is 19.4 Å². The molecule has 1 amide bonds. The van der Waals surface area contributed by atoms with Crippen molar-refractivity contribution in [3.05, 3.63) is 29.6 Å². The third kappa shape index (κ3) is 3.83. The molecule has 4 heteroatoms. The van der Waals surface area contributed by atoms with Gasteiger partial charge in [0.05, 0.1) is 17.7 Å². The van der Waals surface area contributed by atoms with Crippen LogP contribution in [0.1, 0.15) is 49.0 Å². The summed E-state index contributed by atoms with van der Waals surface area (Å²) < 4.78 is 0. The number of hydrogen-bond acceptors (Lipinski definition) is 3. The Bertz CT molecular complexity index is 559. The molecule has 0 spiro atoms. The van der Waals surface area contributed by atoms with Gasteiger partial charge in [0.25, 0.3) is 5.91 Å². The Kier molecular flexibility index (Phi) is 5.35. The molecule has 0 radical (unpaired) electrons. The highest BCUT2D eigenvalue weighted by Crippen LogP contribution is 2.24. The lowest BCUT2D eigenvalue weighted by atomic mass is 9.92. The molecule has 1 N–H and O–H groups in total. The van der Waals surface area contributed by atoms with Gasteiger partial charge in [-0.15, -0.1) is 0 Å². The molecular weight excluding hydrogens is 264 g/mol. The van der Waals surface area contributed by atoms with Gasteiger partial charge in [-0.2, -0.15) is 0 Å². The van der Waals surface area contributed by atoms with Gasteiger partial charge in [-0.1, -0.05) is 18.8 Å². The van der Waals surface area contributed by atoms with E-state index in [1.165, 1.54) is 0 Å². The fourth-order valence-corrected chi connectivity index (χ4v) is 2.76. The van der Waals surface area contributed by atoms with Crippen molar-refractivity contribution in [3.63, 3.8) is 0 Å². The maximum Gasteiger partial charge on any atom is 0.255 e. The zero-order valence-electron chi connectivity index (χ0n) is 12.7. The molecule has 1 saturated heterocycles. The normalized spacial score (nSPS) is 21.6. The van der Waals surface area contributed by atoms with Crippen molar-refractivity contribution in [1.29, 1.82) is 0 Å². The molecule has 21 heavy (non-hydrogen) atoms. The van der Waals surface area contributed by atoms with E-state index in [0.29, 0.717) is 23.5 Å². The van der Waals surface area contributed by atoms with Crippen LogP contribution in [0.25, 0.3) is 0 Å². The molecule has 0 aromatic carbocycles. The lowest BCUT2D eigenvalue weighted by molar-refractivity contribution is 0.0588. The molecule has 1 aromatic heterocycles. The number of hydrogen-bond donors (Lipinski definition) is 1. The Morgan fingerprint density at radius 3 is 3.05 bits per heavy atom. The third-order valence-corrected chi connectivity index (χ3v) is 3.91. The van der Waals surface area contributed by atoms with E-state index in [-0.39, 0.29) is 18.6 Å². The number of nitrogens with zero attached hydrogens (tertiary/aromatic N) is 2. The van der Waals surface area contributed by atoms with Crippen molar-refractivity contribution in [2.45, 2.75) is 39.2 Å². The van der Waals surface area contributed by atoms with Crippen molar-refractivity contribution in [2.24, 2.45) is 5.92 Å². The predicted molar refractivity (Wildman–Crippen MR) is 81.7 cm³/mol. The van der Waals surface area contributed by atoms with Crippen molar-refractivity contribution < 1.29 is 9.90 Å². The summed E-state index contributed by atoms with van der Waals surface area (Å²) in [6, 6.07) is 1.99. The minimum absolute atomic E-state index is 0.0254. The van der Waals surface area contributed by atoms with Gasteiger partial charge >= 0.3 is 0 Å². The number of aromatic nitrogens is 1. The maximum absolute atomic E-state index is 12.8. The lowest BCUT2D eigenvalue weighted by Gasteiger charge is -2.36. The van der Waals surface area contributed by atoms with Gasteiger partial charge < -0.3 is 10.0 Å². The first kappa shape index (κ1) is 15.5. The van der Waals surface area contributed by atoms with E-state index in [4.69, 9.17) is 5.11 Å². The Labute approximate surface area is 126 Å². The molecule has 112 valence electrons. The second-order valence-electron chi connectivity index (χ2n) is 5.67. The van der Waals surface area contributed by atoms with Crippen LogP contribution in [0.5, 0.6) is 0 Å². The van der Waals surface area contributed by atoms with Crippen LogP contribution in [-0.4, -0.2) is 40.1 Å². The molecule has 2 rings (SSSR count). The summed E-state index contributed by atoms with van der Waals surface area (Å²) in [5.41, 5.74) is 1.25. The summed E-state index contributed by atoms with van der Waals surface area (Å²) in [7, 11) is 0. The molecule has 2 heterocycles. The van der Waals surface area contributed by atoms with Gasteiger partial charge in [0.15, 0.2) is 0 Å². The van der Waals surface area contributed by atoms with Gasteiger partial charge in [0.1, 0.15) is 0 Å². The minimum atomic E-state index is 0.0254. The summed E-state index contributed by atoms with van der Waals surface area (Å²) >= 11 is 0. The number of aliphatic hydroxyl groups is 1. The number of rotatable bonds is 2. The number of pyridine rings is 1. The molecule has 1 aromatic rings. The zero-order valence-corrected chi connectivity index (χ0v) is 12.7. The van der Waals surface area contributed by atoms with Gasteiger partial charge in [-0.25, -0.2) is 0 Å². The predicted octanol–water partition coefficient (Wildman–Crippen LogP) is 2.08. The molecule has 1 aliphatic heterocycles. The molecule has 1 fully saturated rings. The van der Waals surface area contributed by atoms with E-state index in [2.05, 4.69) is 30.7 Å². The highest BCUT2D eigenvalue weighted by Gasteiger charge is 2.28. The average molecular weight is 286 g/mol. The third-order valence-electron chi connectivity index (χ3n) is 3.91. The van der Waals surface area contributed by atoms with Crippen LogP contribution < -0.4 is 0 Å². The maximum atomic E-state index is 12.8. The van der Waals surface area contributed by atoms with E-state index >= 15 is 0 Å². The fourth-order valence-electron chi connectivity index (χ4n) is 2.76. The smallest absolute Gasteiger partial charge is 0.255 e. The summed E-state index contributed by atoms with van der Waals surface area (Å²) in [6.07, 6.45) is 5.74. The van der Waals surface area contributed by atoms with Crippen molar-refractivity contribution >= 4 is 5.91 Å². The number of carbonyl (C=O) groups excluding carboxylic acids is 1. The van der Waals surface area contributed by atoms with Crippen LogP contribution >= 0.6 is 0 Å². The monoisotopic (exact) mass is 286 g/mol. The molecule has 1 aliphatic rings. The second kappa shape index (κ2) is 7.24. The SMILES string of the molecule is CC1CCN(C(=O)c2ccncc2C#CCCO)C(C)C1. The Balaban J connectivity index is 2.21. The number of aliphatic hydroxyl groups excluding tert-OH is 1. The van der Waals surface area contributed by atoms with E-state index in [1.807, 2.05) is 4.90 Å². The summed E-state index contributed by atoms with van der Waals surface area (Å²) in [5, 5.41) is 8.79. The van der Waals surface area contributed by atoms with Gasteiger partial charge in [-0.3, -0.25) is 9.78 Å². The van der Waals surface area contributed by atoms with Crippen LogP contribution in [-0.2, 0) is 0 Å². The first-order valence-electron chi connectivity index (χ1n) is 7.48. The van der Waals surface area contributed by atoms with Crippen molar-refractivity contribution in [3.8, 4) is 11.8 Å². The number of piperidine rings is 1. The highest BCUT2D eigenvalue weighted by atomic mass is 16.2. The molecule has 4 nitrogen and oxygen atoms in total. The molecule has 2 atom stereocenters. The standard InChI is InChI=1S/C17H22N2O2/c1-13-7-9-19(14(2)11-13)17(21)16-6-8-18-12-15(16)5-3-4-10-20/h6,8,12-14,20H,4,7,9-11H2,1-2H3. The molecule has 0 aliphatic carbocycles. The summed E-state index contributed by atoms with van der Waals surface area (Å²) in [5.74, 6) is 6.50. The molecule has 0 saturated carbocycles. The van der Waals surface area contributed by atoms with Crippen LogP contribution in [0.4, 0.5) is 0 Å².